The topological polar surface area (TPSA) is 25.8 Å². The second-order valence-corrected chi connectivity index (χ2v) is 5.18. The number of benzene rings is 1. The SMILES string of the molecule is ClCCCc1nnc(-c2ccc(Cl)cc2)s1. The molecule has 16 heavy (non-hydrogen) atoms. The van der Waals surface area contributed by atoms with Crippen LogP contribution < -0.4 is 0 Å². The fraction of sp³-hybridized carbons (Fsp3) is 0.273. The van der Waals surface area contributed by atoms with E-state index < -0.39 is 0 Å². The third-order valence-electron chi connectivity index (χ3n) is 2.08. The van der Waals surface area contributed by atoms with Crippen molar-refractivity contribution >= 4 is 34.5 Å². The fourth-order valence-corrected chi connectivity index (χ4v) is 2.43. The van der Waals surface area contributed by atoms with Crippen LogP contribution in [0.2, 0.25) is 5.02 Å². The standard InChI is InChI=1S/C11H10Cl2N2S/c12-7-1-2-10-14-15-11(16-10)8-3-5-9(13)6-4-8/h3-6H,1-2,7H2. The Kier molecular flexibility index (Phi) is 4.16. The second kappa shape index (κ2) is 5.62. The first-order valence-electron chi connectivity index (χ1n) is 4.94. The highest BCUT2D eigenvalue weighted by molar-refractivity contribution is 7.14. The maximum Gasteiger partial charge on any atom is 0.147 e. The molecule has 0 saturated carbocycles. The van der Waals surface area contributed by atoms with Crippen LogP contribution in [0.3, 0.4) is 0 Å². The molecule has 0 saturated heterocycles. The summed E-state index contributed by atoms with van der Waals surface area (Å²) in [5.74, 6) is 0.663. The van der Waals surface area contributed by atoms with Gasteiger partial charge in [-0.2, -0.15) is 0 Å². The summed E-state index contributed by atoms with van der Waals surface area (Å²) in [6.45, 7) is 0. The maximum atomic E-state index is 5.83. The third-order valence-corrected chi connectivity index (χ3v) is 3.63. The van der Waals surface area contributed by atoms with Crippen molar-refractivity contribution < 1.29 is 0 Å². The summed E-state index contributed by atoms with van der Waals surface area (Å²) in [4.78, 5) is 0. The first-order chi connectivity index (χ1) is 7.79. The van der Waals surface area contributed by atoms with Crippen LogP contribution in [0.25, 0.3) is 10.6 Å². The molecule has 0 aliphatic carbocycles. The zero-order valence-electron chi connectivity index (χ0n) is 8.49. The van der Waals surface area contributed by atoms with E-state index in [1.807, 2.05) is 24.3 Å². The molecule has 0 N–H and O–H groups in total. The van der Waals surface area contributed by atoms with Gasteiger partial charge in [0.2, 0.25) is 0 Å². The lowest BCUT2D eigenvalue weighted by Gasteiger charge is -1.94. The van der Waals surface area contributed by atoms with E-state index in [1.54, 1.807) is 11.3 Å². The number of nitrogens with zero attached hydrogens (tertiary/aromatic N) is 2. The van der Waals surface area contributed by atoms with E-state index in [1.165, 1.54) is 0 Å². The van der Waals surface area contributed by atoms with Crippen LogP contribution in [0, 0.1) is 0 Å². The van der Waals surface area contributed by atoms with Crippen LogP contribution in [0.1, 0.15) is 11.4 Å². The van der Waals surface area contributed by atoms with Gasteiger partial charge in [0.1, 0.15) is 10.0 Å². The predicted octanol–water partition coefficient (Wildman–Crippen LogP) is 4.03. The van der Waals surface area contributed by atoms with Crippen LogP contribution in [0.5, 0.6) is 0 Å². The zero-order valence-corrected chi connectivity index (χ0v) is 10.8. The molecule has 0 atom stereocenters. The summed E-state index contributed by atoms with van der Waals surface area (Å²) >= 11 is 13.1. The van der Waals surface area contributed by atoms with Crippen LogP contribution in [-0.4, -0.2) is 16.1 Å². The van der Waals surface area contributed by atoms with Crippen molar-refractivity contribution in [2.24, 2.45) is 0 Å². The Morgan fingerprint density at radius 1 is 1.12 bits per heavy atom. The molecule has 1 heterocycles. The summed E-state index contributed by atoms with van der Waals surface area (Å²) in [5.41, 5.74) is 1.05. The lowest BCUT2D eigenvalue weighted by Crippen LogP contribution is -1.84. The molecule has 5 heteroatoms. The van der Waals surface area contributed by atoms with Crippen LogP contribution >= 0.6 is 34.5 Å². The van der Waals surface area contributed by atoms with Gasteiger partial charge in [0.25, 0.3) is 0 Å². The first kappa shape index (κ1) is 11.8. The van der Waals surface area contributed by atoms with Gasteiger partial charge in [0.15, 0.2) is 0 Å². The number of hydrogen-bond donors (Lipinski definition) is 0. The highest BCUT2D eigenvalue weighted by Crippen LogP contribution is 2.25. The van der Waals surface area contributed by atoms with E-state index in [4.69, 9.17) is 23.2 Å². The van der Waals surface area contributed by atoms with Crippen molar-refractivity contribution in [3.63, 3.8) is 0 Å². The van der Waals surface area contributed by atoms with Gasteiger partial charge in [-0.3, -0.25) is 0 Å². The van der Waals surface area contributed by atoms with Gasteiger partial charge < -0.3 is 0 Å². The Morgan fingerprint density at radius 2 is 1.88 bits per heavy atom. The normalized spacial score (nSPS) is 10.6. The van der Waals surface area contributed by atoms with Crippen molar-refractivity contribution in [3.8, 4) is 10.6 Å². The molecule has 1 aromatic heterocycles. The molecular formula is C11H10Cl2N2S. The van der Waals surface area contributed by atoms with Gasteiger partial charge in [-0.25, -0.2) is 0 Å². The number of halogens is 2. The van der Waals surface area contributed by atoms with Gasteiger partial charge in [-0.15, -0.1) is 21.8 Å². The summed E-state index contributed by atoms with van der Waals surface area (Å²) in [5, 5.41) is 11.0. The zero-order chi connectivity index (χ0) is 11.4. The minimum absolute atomic E-state index is 0.663. The molecule has 1 aromatic carbocycles. The van der Waals surface area contributed by atoms with Crippen molar-refractivity contribution in [1.82, 2.24) is 10.2 Å². The minimum Gasteiger partial charge on any atom is -0.143 e. The Balaban J connectivity index is 2.15. The molecule has 0 unspecified atom stereocenters. The third kappa shape index (κ3) is 2.94. The molecule has 0 fully saturated rings. The van der Waals surface area contributed by atoms with E-state index in [-0.39, 0.29) is 0 Å². The number of aryl methyl sites for hydroxylation is 1. The highest BCUT2D eigenvalue weighted by Gasteiger charge is 2.05. The number of hydrogen-bond acceptors (Lipinski definition) is 3. The van der Waals surface area contributed by atoms with Crippen LogP contribution in [-0.2, 0) is 6.42 Å². The Labute approximate surface area is 108 Å². The molecule has 2 nitrogen and oxygen atoms in total. The van der Waals surface area contributed by atoms with Crippen LogP contribution in [0.4, 0.5) is 0 Å². The average molecular weight is 273 g/mol. The molecule has 0 radical (unpaired) electrons. The maximum absolute atomic E-state index is 5.83. The molecule has 0 bridgehead atoms. The second-order valence-electron chi connectivity index (χ2n) is 3.30. The fourth-order valence-electron chi connectivity index (χ4n) is 1.28. The summed E-state index contributed by atoms with van der Waals surface area (Å²) in [7, 11) is 0. The van der Waals surface area contributed by atoms with E-state index in [0.29, 0.717) is 5.88 Å². The lowest BCUT2D eigenvalue weighted by molar-refractivity contribution is 0.884. The molecule has 0 amide bonds. The summed E-state index contributed by atoms with van der Waals surface area (Å²) in [6, 6.07) is 7.62. The molecular weight excluding hydrogens is 263 g/mol. The van der Waals surface area contributed by atoms with E-state index in [2.05, 4.69) is 10.2 Å². The number of alkyl halides is 1. The molecule has 84 valence electrons. The van der Waals surface area contributed by atoms with Gasteiger partial charge >= 0.3 is 0 Å². The number of rotatable bonds is 4. The summed E-state index contributed by atoms with van der Waals surface area (Å²) in [6.07, 6.45) is 1.84. The smallest absolute Gasteiger partial charge is 0.143 e. The Morgan fingerprint density at radius 3 is 2.56 bits per heavy atom. The van der Waals surface area contributed by atoms with Gasteiger partial charge in [0.05, 0.1) is 0 Å². The number of aromatic nitrogens is 2. The largest absolute Gasteiger partial charge is 0.147 e. The first-order valence-corrected chi connectivity index (χ1v) is 6.67. The molecule has 0 spiro atoms. The molecule has 0 aliphatic rings. The van der Waals surface area contributed by atoms with Gasteiger partial charge in [0, 0.05) is 22.9 Å². The quantitative estimate of drug-likeness (QED) is 0.786. The Hall–Kier alpha value is -0.640. The molecule has 0 aliphatic heterocycles. The van der Waals surface area contributed by atoms with Crippen molar-refractivity contribution in [2.45, 2.75) is 12.8 Å². The molecule has 2 rings (SSSR count). The molecule has 2 aromatic rings. The lowest BCUT2D eigenvalue weighted by atomic mass is 10.2. The predicted molar refractivity (Wildman–Crippen MR) is 69.4 cm³/mol. The van der Waals surface area contributed by atoms with Crippen molar-refractivity contribution in [2.75, 3.05) is 5.88 Å². The minimum atomic E-state index is 0.663. The van der Waals surface area contributed by atoms with Crippen LogP contribution in [0.15, 0.2) is 24.3 Å². The Bertz CT molecular complexity index is 453. The van der Waals surface area contributed by atoms with Gasteiger partial charge in [-0.1, -0.05) is 35.1 Å². The van der Waals surface area contributed by atoms with Gasteiger partial charge in [-0.05, 0) is 18.6 Å². The van der Waals surface area contributed by atoms with Crippen molar-refractivity contribution in [1.29, 1.82) is 0 Å². The van der Waals surface area contributed by atoms with Crippen molar-refractivity contribution in [3.05, 3.63) is 34.3 Å². The highest BCUT2D eigenvalue weighted by atomic mass is 35.5. The van der Waals surface area contributed by atoms with E-state index in [0.717, 1.165) is 33.4 Å². The summed E-state index contributed by atoms with van der Waals surface area (Å²) < 4.78 is 0. The average Bonchev–Trinajstić information content (AvgIpc) is 2.76. The van der Waals surface area contributed by atoms with E-state index >= 15 is 0 Å². The van der Waals surface area contributed by atoms with E-state index in [9.17, 15) is 0 Å². The monoisotopic (exact) mass is 272 g/mol.